The SMILES string of the molecule is COc1ccc2c(c1)CC(C(=O)Nc1ccc(C(=O)NCCC(=O)O)cc1)CO2. The van der Waals surface area contributed by atoms with Gasteiger partial charge in [-0.25, -0.2) is 0 Å². The zero-order valence-corrected chi connectivity index (χ0v) is 15.9. The Hall–Kier alpha value is -3.55. The molecule has 0 aliphatic carbocycles. The summed E-state index contributed by atoms with van der Waals surface area (Å²) >= 11 is 0. The number of hydrogen-bond donors (Lipinski definition) is 3. The maximum absolute atomic E-state index is 12.6. The van der Waals surface area contributed by atoms with Gasteiger partial charge < -0.3 is 25.2 Å². The summed E-state index contributed by atoms with van der Waals surface area (Å²) in [6, 6.07) is 11.9. The molecule has 1 unspecified atom stereocenters. The van der Waals surface area contributed by atoms with Crippen molar-refractivity contribution in [1.82, 2.24) is 5.32 Å². The van der Waals surface area contributed by atoms with Crippen molar-refractivity contribution in [2.75, 3.05) is 25.6 Å². The summed E-state index contributed by atoms with van der Waals surface area (Å²) in [5, 5.41) is 14.0. The Morgan fingerprint density at radius 3 is 2.62 bits per heavy atom. The molecular formula is C21H22N2O6. The van der Waals surface area contributed by atoms with E-state index in [-0.39, 0.29) is 37.3 Å². The maximum Gasteiger partial charge on any atom is 0.305 e. The number of amides is 2. The Kier molecular flexibility index (Phi) is 6.33. The smallest absolute Gasteiger partial charge is 0.305 e. The molecule has 29 heavy (non-hydrogen) atoms. The minimum absolute atomic E-state index is 0.0561. The summed E-state index contributed by atoms with van der Waals surface area (Å²) in [7, 11) is 1.59. The van der Waals surface area contributed by atoms with Crippen LogP contribution >= 0.6 is 0 Å². The van der Waals surface area contributed by atoms with Gasteiger partial charge in [0.05, 0.1) is 19.4 Å². The van der Waals surface area contributed by atoms with Crippen LogP contribution in [-0.2, 0) is 16.0 Å². The van der Waals surface area contributed by atoms with Crippen LogP contribution in [0.2, 0.25) is 0 Å². The van der Waals surface area contributed by atoms with Crippen LogP contribution in [0.1, 0.15) is 22.3 Å². The topological polar surface area (TPSA) is 114 Å². The van der Waals surface area contributed by atoms with Gasteiger partial charge in [-0.2, -0.15) is 0 Å². The van der Waals surface area contributed by atoms with Crippen LogP contribution in [0, 0.1) is 5.92 Å². The summed E-state index contributed by atoms with van der Waals surface area (Å²) in [5.41, 5.74) is 1.87. The Labute approximate surface area is 167 Å². The molecule has 8 nitrogen and oxygen atoms in total. The molecule has 1 aliphatic heterocycles. The number of anilines is 1. The molecule has 2 aromatic rings. The molecule has 1 aliphatic rings. The predicted molar refractivity (Wildman–Crippen MR) is 105 cm³/mol. The Bertz CT molecular complexity index is 910. The van der Waals surface area contributed by atoms with Crippen LogP contribution in [0.5, 0.6) is 11.5 Å². The van der Waals surface area contributed by atoms with Crippen molar-refractivity contribution in [1.29, 1.82) is 0 Å². The second kappa shape index (κ2) is 9.09. The van der Waals surface area contributed by atoms with Crippen LogP contribution in [0.15, 0.2) is 42.5 Å². The Balaban J connectivity index is 1.56. The Morgan fingerprint density at radius 1 is 1.17 bits per heavy atom. The van der Waals surface area contributed by atoms with Crippen molar-refractivity contribution in [2.45, 2.75) is 12.8 Å². The third-order valence-electron chi connectivity index (χ3n) is 4.58. The first-order valence-electron chi connectivity index (χ1n) is 9.17. The van der Waals surface area contributed by atoms with Crippen molar-refractivity contribution < 1.29 is 29.0 Å². The molecule has 3 rings (SSSR count). The quantitative estimate of drug-likeness (QED) is 0.658. The lowest BCUT2D eigenvalue weighted by atomic mass is 9.95. The molecule has 0 saturated heterocycles. The molecule has 0 aromatic heterocycles. The van der Waals surface area contributed by atoms with E-state index >= 15 is 0 Å². The van der Waals surface area contributed by atoms with Crippen molar-refractivity contribution in [3.63, 3.8) is 0 Å². The van der Waals surface area contributed by atoms with Gasteiger partial charge in [0.1, 0.15) is 18.1 Å². The molecule has 3 N–H and O–H groups in total. The fourth-order valence-corrected chi connectivity index (χ4v) is 3.00. The van der Waals surface area contributed by atoms with Gasteiger partial charge in [-0.1, -0.05) is 0 Å². The summed E-state index contributed by atoms with van der Waals surface area (Å²) in [5.74, 6) is -0.379. The standard InChI is InChI=1S/C21H22N2O6/c1-28-17-6-7-18-14(11-17)10-15(12-29-18)21(27)23-16-4-2-13(3-5-16)20(26)22-9-8-19(24)25/h2-7,11,15H,8-10,12H2,1H3,(H,22,26)(H,23,27)(H,24,25). The Morgan fingerprint density at radius 2 is 1.93 bits per heavy atom. The van der Waals surface area contributed by atoms with Crippen LogP contribution in [-0.4, -0.2) is 43.2 Å². The highest BCUT2D eigenvalue weighted by Gasteiger charge is 2.26. The number of carboxylic acids is 1. The fraction of sp³-hybridized carbons (Fsp3) is 0.286. The first-order valence-corrected chi connectivity index (χ1v) is 9.17. The van der Waals surface area contributed by atoms with E-state index in [9.17, 15) is 14.4 Å². The average molecular weight is 398 g/mol. The van der Waals surface area contributed by atoms with Crippen molar-refractivity contribution in [3.8, 4) is 11.5 Å². The van der Waals surface area contributed by atoms with Crippen molar-refractivity contribution >= 4 is 23.5 Å². The predicted octanol–water partition coefficient (Wildman–Crippen LogP) is 2.09. The zero-order chi connectivity index (χ0) is 20.8. The third kappa shape index (κ3) is 5.25. The summed E-state index contributed by atoms with van der Waals surface area (Å²) in [6.45, 7) is 0.343. The first kappa shape index (κ1) is 20.2. The molecule has 1 atom stereocenters. The van der Waals surface area contributed by atoms with Crippen LogP contribution in [0.3, 0.4) is 0 Å². The summed E-state index contributed by atoms with van der Waals surface area (Å²) in [6.07, 6.45) is 0.404. The number of hydrogen-bond acceptors (Lipinski definition) is 5. The van der Waals surface area contributed by atoms with E-state index in [1.807, 2.05) is 18.2 Å². The maximum atomic E-state index is 12.6. The van der Waals surface area contributed by atoms with E-state index in [4.69, 9.17) is 14.6 Å². The van der Waals surface area contributed by atoms with Gasteiger partial charge in [-0.3, -0.25) is 14.4 Å². The molecule has 0 bridgehead atoms. The van der Waals surface area contributed by atoms with Gasteiger partial charge >= 0.3 is 5.97 Å². The minimum atomic E-state index is -0.976. The average Bonchev–Trinajstić information content (AvgIpc) is 2.73. The monoisotopic (exact) mass is 398 g/mol. The van der Waals surface area contributed by atoms with Crippen LogP contribution in [0.25, 0.3) is 0 Å². The second-order valence-corrected chi connectivity index (χ2v) is 6.65. The minimum Gasteiger partial charge on any atom is -0.497 e. The number of benzene rings is 2. The van der Waals surface area contributed by atoms with E-state index in [1.54, 1.807) is 31.4 Å². The molecule has 0 spiro atoms. The lowest BCUT2D eigenvalue weighted by Gasteiger charge is -2.25. The number of nitrogens with one attached hydrogen (secondary N) is 2. The lowest BCUT2D eigenvalue weighted by Crippen LogP contribution is -2.32. The third-order valence-corrected chi connectivity index (χ3v) is 4.58. The lowest BCUT2D eigenvalue weighted by molar-refractivity contribution is -0.136. The summed E-state index contributed by atoms with van der Waals surface area (Å²) < 4.78 is 10.9. The molecule has 2 amide bonds. The van der Waals surface area contributed by atoms with Crippen molar-refractivity contribution in [2.24, 2.45) is 5.92 Å². The first-order chi connectivity index (χ1) is 14.0. The fourth-order valence-electron chi connectivity index (χ4n) is 3.00. The van der Waals surface area contributed by atoms with E-state index in [0.717, 1.165) is 11.3 Å². The van der Waals surface area contributed by atoms with Gasteiger partial charge in [0.2, 0.25) is 5.91 Å². The molecule has 8 heteroatoms. The number of carbonyl (C=O) groups excluding carboxylic acids is 2. The van der Waals surface area contributed by atoms with Gasteiger partial charge in [0.15, 0.2) is 0 Å². The summed E-state index contributed by atoms with van der Waals surface area (Å²) in [4.78, 5) is 35.0. The molecular weight excluding hydrogens is 376 g/mol. The number of carboxylic acid groups (broad SMARTS) is 1. The number of methoxy groups -OCH3 is 1. The molecule has 0 fully saturated rings. The normalized spacial score (nSPS) is 14.9. The molecule has 1 heterocycles. The number of ether oxygens (including phenoxy) is 2. The van der Waals surface area contributed by atoms with E-state index < -0.39 is 5.97 Å². The number of fused-ring (bicyclic) bond motifs is 1. The van der Waals surface area contributed by atoms with E-state index in [0.29, 0.717) is 23.4 Å². The van der Waals surface area contributed by atoms with Crippen LogP contribution in [0.4, 0.5) is 5.69 Å². The van der Waals surface area contributed by atoms with Crippen LogP contribution < -0.4 is 20.1 Å². The zero-order valence-electron chi connectivity index (χ0n) is 15.9. The van der Waals surface area contributed by atoms with Crippen molar-refractivity contribution in [3.05, 3.63) is 53.6 Å². The van der Waals surface area contributed by atoms with Gasteiger partial charge in [0, 0.05) is 17.8 Å². The van der Waals surface area contributed by atoms with Gasteiger partial charge in [-0.15, -0.1) is 0 Å². The van der Waals surface area contributed by atoms with E-state index in [2.05, 4.69) is 10.6 Å². The van der Waals surface area contributed by atoms with E-state index in [1.165, 1.54) is 0 Å². The second-order valence-electron chi connectivity index (χ2n) is 6.65. The molecule has 2 aromatic carbocycles. The van der Waals surface area contributed by atoms with Gasteiger partial charge in [0.25, 0.3) is 5.91 Å². The largest absolute Gasteiger partial charge is 0.497 e. The molecule has 152 valence electrons. The number of aliphatic carboxylic acids is 1. The number of rotatable bonds is 7. The number of carbonyl (C=O) groups is 3. The highest BCUT2D eigenvalue weighted by atomic mass is 16.5. The molecule has 0 saturated carbocycles. The highest BCUT2D eigenvalue weighted by Crippen LogP contribution is 2.31. The molecule has 0 radical (unpaired) electrons. The highest BCUT2D eigenvalue weighted by molar-refractivity contribution is 5.96. The van der Waals surface area contributed by atoms with Gasteiger partial charge in [-0.05, 0) is 54.4 Å².